The molecule has 0 aliphatic carbocycles. The largest absolute Gasteiger partial charge is 0.338 e. The summed E-state index contributed by atoms with van der Waals surface area (Å²) in [7, 11) is 4.22. The zero-order chi connectivity index (χ0) is 13.1. The fourth-order valence-corrected chi connectivity index (χ4v) is 1.89. The van der Waals surface area contributed by atoms with E-state index in [0.717, 1.165) is 24.1 Å². The van der Waals surface area contributed by atoms with Crippen molar-refractivity contribution >= 4 is 22.9 Å². The van der Waals surface area contributed by atoms with Gasteiger partial charge in [0, 0.05) is 6.92 Å². The maximum atomic E-state index is 11.2. The Kier molecular flexibility index (Phi) is 3.62. The molecule has 5 heteroatoms. The van der Waals surface area contributed by atoms with Crippen molar-refractivity contribution in [3.63, 3.8) is 0 Å². The number of hydrogen-bond donors (Lipinski definition) is 2. The van der Waals surface area contributed by atoms with Gasteiger partial charge in [-0.25, -0.2) is 4.98 Å². The quantitative estimate of drug-likeness (QED) is 0.807. The fraction of sp³-hybridized carbons (Fsp3) is 0.385. The molecule has 1 aromatic heterocycles. The fourth-order valence-electron chi connectivity index (χ4n) is 1.89. The molecule has 2 aromatic rings. The Morgan fingerprint density at radius 3 is 2.78 bits per heavy atom. The molecule has 2 rings (SSSR count). The van der Waals surface area contributed by atoms with Crippen LogP contribution in [0.1, 0.15) is 6.92 Å². The van der Waals surface area contributed by atoms with Gasteiger partial charge in [0.2, 0.25) is 11.9 Å². The zero-order valence-electron chi connectivity index (χ0n) is 11.0. The predicted molar refractivity (Wildman–Crippen MR) is 71.7 cm³/mol. The molecule has 0 aliphatic rings. The highest BCUT2D eigenvalue weighted by molar-refractivity contribution is 5.89. The van der Waals surface area contributed by atoms with E-state index in [2.05, 4.69) is 29.0 Å². The highest BCUT2D eigenvalue weighted by atomic mass is 16.1. The van der Waals surface area contributed by atoms with E-state index in [1.807, 2.05) is 24.3 Å². The first-order valence-corrected chi connectivity index (χ1v) is 6.10. The number of hydrogen-bond acceptors (Lipinski definition) is 2. The molecular formula is C13H19N4O+. The van der Waals surface area contributed by atoms with Crippen LogP contribution >= 0.6 is 0 Å². The molecule has 0 spiro atoms. The van der Waals surface area contributed by atoms with Gasteiger partial charge in [-0.1, -0.05) is 12.1 Å². The lowest BCUT2D eigenvalue weighted by Gasteiger charge is -2.11. The molecular weight excluding hydrogens is 228 g/mol. The molecule has 1 heterocycles. The first kappa shape index (κ1) is 12.6. The summed E-state index contributed by atoms with van der Waals surface area (Å²) >= 11 is 0. The summed E-state index contributed by atoms with van der Waals surface area (Å²) in [4.78, 5) is 17.0. The predicted octanol–water partition coefficient (Wildman–Crippen LogP) is 0.139. The topological polar surface area (TPSA) is 51.4 Å². The third-order valence-electron chi connectivity index (χ3n) is 2.78. The zero-order valence-corrected chi connectivity index (χ0v) is 11.0. The SMILES string of the molecule is CC(=O)Nc1nc2ccccc2n1CC[NH+](C)C. The van der Waals surface area contributed by atoms with E-state index in [-0.39, 0.29) is 5.91 Å². The van der Waals surface area contributed by atoms with Crippen molar-refractivity contribution in [1.29, 1.82) is 0 Å². The van der Waals surface area contributed by atoms with Crippen molar-refractivity contribution in [2.75, 3.05) is 26.0 Å². The van der Waals surface area contributed by atoms with E-state index in [4.69, 9.17) is 0 Å². The molecule has 0 saturated heterocycles. The monoisotopic (exact) mass is 247 g/mol. The van der Waals surface area contributed by atoms with Gasteiger partial charge in [-0.2, -0.15) is 0 Å². The molecule has 96 valence electrons. The number of fused-ring (bicyclic) bond motifs is 1. The van der Waals surface area contributed by atoms with Crippen LogP contribution in [-0.4, -0.2) is 36.1 Å². The lowest BCUT2D eigenvalue weighted by Crippen LogP contribution is -3.06. The van der Waals surface area contributed by atoms with Crippen LogP contribution in [0, 0.1) is 0 Å². The molecule has 0 aliphatic heterocycles. The molecule has 0 unspecified atom stereocenters. The van der Waals surface area contributed by atoms with Crippen molar-refractivity contribution in [2.45, 2.75) is 13.5 Å². The van der Waals surface area contributed by atoms with Crippen LogP contribution in [0.2, 0.25) is 0 Å². The second-order valence-corrected chi connectivity index (χ2v) is 4.71. The minimum Gasteiger partial charge on any atom is -0.338 e. The number of imidazole rings is 1. The highest BCUT2D eigenvalue weighted by Gasteiger charge is 2.11. The number of rotatable bonds is 4. The second-order valence-electron chi connectivity index (χ2n) is 4.71. The number of aromatic nitrogens is 2. The molecule has 18 heavy (non-hydrogen) atoms. The number of benzene rings is 1. The van der Waals surface area contributed by atoms with Crippen LogP contribution in [0.25, 0.3) is 11.0 Å². The maximum Gasteiger partial charge on any atom is 0.223 e. The first-order chi connectivity index (χ1) is 8.58. The van der Waals surface area contributed by atoms with E-state index in [0.29, 0.717) is 5.95 Å². The molecule has 0 bridgehead atoms. The van der Waals surface area contributed by atoms with Gasteiger partial charge in [-0.05, 0) is 12.1 Å². The van der Waals surface area contributed by atoms with Gasteiger partial charge in [0.05, 0.1) is 38.2 Å². The van der Waals surface area contributed by atoms with Gasteiger partial charge in [0.1, 0.15) is 0 Å². The minimum absolute atomic E-state index is 0.0937. The number of carbonyl (C=O) groups excluding carboxylic acids is 1. The summed E-state index contributed by atoms with van der Waals surface area (Å²) in [6.45, 7) is 3.31. The summed E-state index contributed by atoms with van der Waals surface area (Å²) in [6.07, 6.45) is 0. The standard InChI is InChI=1S/C13H18N4O/c1-10(18)14-13-15-11-6-4-5-7-12(11)17(13)9-8-16(2)3/h4-7H,8-9H2,1-3H3,(H,14,15,18)/p+1. The van der Waals surface area contributed by atoms with E-state index in [1.165, 1.54) is 11.8 Å². The summed E-state index contributed by atoms with van der Waals surface area (Å²) in [6, 6.07) is 7.92. The molecule has 2 N–H and O–H groups in total. The summed E-state index contributed by atoms with van der Waals surface area (Å²) in [5.74, 6) is 0.536. The van der Waals surface area contributed by atoms with E-state index in [1.54, 1.807) is 0 Å². The van der Waals surface area contributed by atoms with Crippen LogP contribution < -0.4 is 10.2 Å². The van der Waals surface area contributed by atoms with E-state index in [9.17, 15) is 4.79 Å². The third-order valence-corrected chi connectivity index (χ3v) is 2.78. The van der Waals surface area contributed by atoms with Crippen LogP contribution in [0.5, 0.6) is 0 Å². The average Bonchev–Trinajstić information content (AvgIpc) is 2.62. The van der Waals surface area contributed by atoms with Crippen molar-refractivity contribution in [2.24, 2.45) is 0 Å². The summed E-state index contributed by atoms with van der Waals surface area (Å²) in [5.41, 5.74) is 1.97. The molecule has 0 atom stereocenters. The number of para-hydroxylation sites is 2. The number of likely N-dealkylation sites (N-methyl/N-ethyl adjacent to an activating group) is 1. The Morgan fingerprint density at radius 1 is 1.39 bits per heavy atom. The van der Waals surface area contributed by atoms with Crippen LogP contribution in [0.4, 0.5) is 5.95 Å². The Balaban J connectivity index is 2.40. The summed E-state index contributed by atoms with van der Waals surface area (Å²) < 4.78 is 2.06. The molecule has 1 amide bonds. The maximum absolute atomic E-state index is 11.2. The summed E-state index contributed by atoms with van der Waals surface area (Å²) in [5, 5.41) is 2.79. The van der Waals surface area contributed by atoms with Crippen molar-refractivity contribution in [1.82, 2.24) is 9.55 Å². The van der Waals surface area contributed by atoms with Gasteiger partial charge in [0.25, 0.3) is 0 Å². The Hall–Kier alpha value is -1.88. The smallest absolute Gasteiger partial charge is 0.223 e. The van der Waals surface area contributed by atoms with Crippen LogP contribution in [-0.2, 0) is 11.3 Å². The minimum atomic E-state index is -0.0937. The molecule has 0 fully saturated rings. The Morgan fingerprint density at radius 2 is 2.11 bits per heavy atom. The number of carbonyl (C=O) groups is 1. The van der Waals surface area contributed by atoms with Crippen molar-refractivity contribution in [3.05, 3.63) is 24.3 Å². The van der Waals surface area contributed by atoms with Gasteiger partial charge >= 0.3 is 0 Å². The number of nitrogens with zero attached hydrogens (tertiary/aromatic N) is 2. The van der Waals surface area contributed by atoms with Crippen molar-refractivity contribution < 1.29 is 9.69 Å². The lowest BCUT2D eigenvalue weighted by molar-refractivity contribution is -0.858. The third kappa shape index (κ3) is 2.68. The average molecular weight is 247 g/mol. The molecule has 1 aromatic carbocycles. The lowest BCUT2D eigenvalue weighted by atomic mass is 10.3. The normalized spacial score (nSPS) is 11.1. The van der Waals surface area contributed by atoms with Crippen LogP contribution in [0.3, 0.4) is 0 Å². The van der Waals surface area contributed by atoms with E-state index >= 15 is 0 Å². The van der Waals surface area contributed by atoms with Gasteiger partial charge in [0.15, 0.2) is 0 Å². The Bertz CT molecular complexity index is 559. The molecule has 5 nitrogen and oxygen atoms in total. The number of anilines is 1. The van der Waals surface area contributed by atoms with Crippen LogP contribution in [0.15, 0.2) is 24.3 Å². The molecule has 0 saturated carbocycles. The number of amides is 1. The van der Waals surface area contributed by atoms with Gasteiger partial charge < -0.3 is 9.47 Å². The number of quaternary nitrogens is 1. The van der Waals surface area contributed by atoms with E-state index < -0.39 is 0 Å². The molecule has 0 radical (unpaired) electrons. The first-order valence-electron chi connectivity index (χ1n) is 6.10. The highest BCUT2D eigenvalue weighted by Crippen LogP contribution is 2.18. The van der Waals surface area contributed by atoms with Gasteiger partial charge in [-0.15, -0.1) is 0 Å². The van der Waals surface area contributed by atoms with Crippen molar-refractivity contribution in [3.8, 4) is 0 Å². The number of nitrogens with one attached hydrogen (secondary N) is 2. The second kappa shape index (κ2) is 5.18. The van der Waals surface area contributed by atoms with Gasteiger partial charge in [-0.3, -0.25) is 10.1 Å². The Labute approximate surface area is 106 Å².